The lowest BCUT2D eigenvalue weighted by Gasteiger charge is -2.11. The van der Waals surface area contributed by atoms with Gasteiger partial charge in [-0.1, -0.05) is 30.3 Å². The topological polar surface area (TPSA) is 73.1 Å². The highest BCUT2D eigenvalue weighted by molar-refractivity contribution is 5.90. The van der Waals surface area contributed by atoms with Crippen LogP contribution in [0.3, 0.4) is 0 Å². The summed E-state index contributed by atoms with van der Waals surface area (Å²) in [5, 5.41) is 12.4. The van der Waals surface area contributed by atoms with Gasteiger partial charge in [0.2, 0.25) is 0 Å². The molecule has 0 aliphatic heterocycles. The second-order valence-corrected chi connectivity index (χ2v) is 4.59. The first kappa shape index (κ1) is 13.2. The molecule has 1 heterocycles. The summed E-state index contributed by atoms with van der Waals surface area (Å²) in [4.78, 5) is 0. The Hall–Kier alpha value is -2.82. The Morgan fingerprint density at radius 1 is 1.05 bits per heavy atom. The molecule has 106 valence electrons. The maximum absolute atomic E-state index is 5.82. The number of anilines is 2. The Labute approximate surface area is 122 Å². The number of hydrogen-bond acceptors (Lipinski definition) is 5. The zero-order valence-electron chi connectivity index (χ0n) is 11.5. The van der Waals surface area contributed by atoms with Crippen molar-refractivity contribution in [3.05, 3.63) is 54.7 Å². The smallest absolute Gasteiger partial charge is 0.142 e. The monoisotopic (exact) mass is 280 g/mol. The Morgan fingerprint density at radius 3 is 2.76 bits per heavy atom. The van der Waals surface area contributed by atoms with Crippen molar-refractivity contribution in [3.8, 4) is 5.75 Å². The van der Waals surface area contributed by atoms with Crippen molar-refractivity contribution in [1.82, 2.24) is 10.2 Å². The van der Waals surface area contributed by atoms with Gasteiger partial charge in [-0.05, 0) is 18.2 Å². The van der Waals surface area contributed by atoms with Crippen LogP contribution in [0.25, 0.3) is 10.9 Å². The van der Waals surface area contributed by atoms with Crippen LogP contribution in [0.2, 0.25) is 0 Å². The molecule has 0 bridgehead atoms. The molecule has 21 heavy (non-hydrogen) atoms. The van der Waals surface area contributed by atoms with Crippen LogP contribution in [0.5, 0.6) is 5.75 Å². The second-order valence-electron chi connectivity index (χ2n) is 4.59. The fourth-order valence-electron chi connectivity index (χ4n) is 2.11. The third-order valence-electron chi connectivity index (χ3n) is 3.14. The van der Waals surface area contributed by atoms with Crippen molar-refractivity contribution in [3.63, 3.8) is 0 Å². The predicted molar refractivity (Wildman–Crippen MR) is 84.4 cm³/mol. The van der Waals surface area contributed by atoms with Gasteiger partial charge in [-0.15, -0.1) is 0 Å². The molecule has 3 aromatic rings. The summed E-state index contributed by atoms with van der Waals surface area (Å²) in [5.74, 6) is 0.706. The van der Waals surface area contributed by atoms with Crippen LogP contribution in [0, 0.1) is 0 Å². The molecule has 0 amide bonds. The van der Waals surface area contributed by atoms with E-state index in [4.69, 9.17) is 10.5 Å². The van der Waals surface area contributed by atoms with Crippen molar-refractivity contribution in [2.45, 2.75) is 0 Å². The van der Waals surface area contributed by atoms with Gasteiger partial charge in [0.25, 0.3) is 0 Å². The van der Waals surface area contributed by atoms with Gasteiger partial charge in [0.05, 0.1) is 23.1 Å². The van der Waals surface area contributed by atoms with Crippen LogP contribution < -0.4 is 15.8 Å². The average molecular weight is 280 g/mol. The van der Waals surface area contributed by atoms with Crippen molar-refractivity contribution >= 4 is 22.3 Å². The van der Waals surface area contributed by atoms with Crippen molar-refractivity contribution in [2.24, 2.45) is 0 Å². The molecule has 5 nitrogen and oxygen atoms in total. The van der Waals surface area contributed by atoms with E-state index in [2.05, 4.69) is 15.5 Å². The number of fused-ring (bicyclic) bond motifs is 1. The Bertz CT molecular complexity index is 740. The summed E-state index contributed by atoms with van der Waals surface area (Å²) in [6.45, 7) is 1.18. The van der Waals surface area contributed by atoms with Crippen LogP contribution in [-0.2, 0) is 0 Å². The van der Waals surface area contributed by atoms with E-state index in [-0.39, 0.29) is 0 Å². The van der Waals surface area contributed by atoms with Gasteiger partial charge in [-0.25, -0.2) is 0 Å². The standard InChI is InChI=1S/C16H16N4O/c17-13-6-2-4-8-16(13)21-10-9-18-15-11-19-20-14-7-3-1-5-12(14)15/h1-8,11H,9-10,17H2,(H,18,20). The van der Waals surface area contributed by atoms with E-state index in [0.29, 0.717) is 24.6 Å². The molecule has 5 heteroatoms. The largest absolute Gasteiger partial charge is 0.490 e. The maximum Gasteiger partial charge on any atom is 0.142 e. The highest BCUT2D eigenvalue weighted by atomic mass is 16.5. The van der Waals surface area contributed by atoms with Crippen LogP contribution in [0.15, 0.2) is 54.7 Å². The van der Waals surface area contributed by atoms with Gasteiger partial charge in [0, 0.05) is 11.9 Å². The lowest BCUT2D eigenvalue weighted by molar-refractivity contribution is 0.334. The first-order valence-electron chi connectivity index (χ1n) is 6.76. The van der Waals surface area contributed by atoms with E-state index in [1.165, 1.54) is 0 Å². The average Bonchev–Trinajstić information content (AvgIpc) is 2.53. The summed E-state index contributed by atoms with van der Waals surface area (Å²) in [5.41, 5.74) is 8.29. The van der Waals surface area contributed by atoms with Crippen molar-refractivity contribution in [2.75, 3.05) is 24.2 Å². The van der Waals surface area contributed by atoms with Crippen LogP contribution >= 0.6 is 0 Å². The zero-order chi connectivity index (χ0) is 14.5. The third-order valence-corrected chi connectivity index (χ3v) is 3.14. The van der Waals surface area contributed by atoms with Gasteiger partial charge < -0.3 is 15.8 Å². The Kier molecular flexibility index (Phi) is 3.82. The number of aromatic nitrogens is 2. The lowest BCUT2D eigenvalue weighted by Crippen LogP contribution is -2.12. The Balaban J connectivity index is 1.61. The molecule has 2 aromatic carbocycles. The molecular weight excluding hydrogens is 264 g/mol. The molecule has 3 N–H and O–H groups in total. The minimum Gasteiger partial charge on any atom is -0.490 e. The molecule has 0 saturated carbocycles. The lowest BCUT2D eigenvalue weighted by atomic mass is 10.2. The quantitative estimate of drug-likeness (QED) is 0.555. The molecule has 1 aromatic heterocycles. The maximum atomic E-state index is 5.82. The first-order valence-corrected chi connectivity index (χ1v) is 6.76. The number of hydrogen-bond donors (Lipinski definition) is 2. The normalized spacial score (nSPS) is 10.5. The number of nitrogens with one attached hydrogen (secondary N) is 1. The minimum atomic E-state index is 0.519. The second kappa shape index (κ2) is 6.09. The SMILES string of the molecule is Nc1ccccc1OCCNc1cnnc2ccccc12. The van der Waals surface area contributed by atoms with E-state index < -0.39 is 0 Å². The van der Waals surface area contributed by atoms with Gasteiger partial charge in [0.1, 0.15) is 12.4 Å². The zero-order valence-corrected chi connectivity index (χ0v) is 11.5. The molecule has 0 radical (unpaired) electrons. The van der Waals surface area contributed by atoms with E-state index in [1.807, 2.05) is 48.5 Å². The number of benzene rings is 2. The number of rotatable bonds is 5. The number of para-hydroxylation sites is 2. The molecule has 0 unspecified atom stereocenters. The van der Waals surface area contributed by atoms with Gasteiger partial charge in [0.15, 0.2) is 0 Å². The number of ether oxygens (including phenoxy) is 1. The fraction of sp³-hybridized carbons (Fsp3) is 0.125. The molecular formula is C16H16N4O. The van der Waals surface area contributed by atoms with E-state index >= 15 is 0 Å². The predicted octanol–water partition coefficient (Wildman–Crippen LogP) is 2.70. The van der Waals surface area contributed by atoms with E-state index in [1.54, 1.807) is 6.20 Å². The van der Waals surface area contributed by atoms with Gasteiger partial charge in [-0.3, -0.25) is 0 Å². The number of nitrogens with zero attached hydrogens (tertiary/aromatic N) is 2. The van der Waals surface area contributed by atoms with Crippen molar-refractivity contribution in [1.29, 1.82) is 0 Å². The van der Waals surface area contributed by atoms with E-state index in [0.717, 1.165) is 16.6 Å². The minimum absolute atomic E-state index is 0.519. The summed E-state index contributed by atoms with van der Waals surface area (Å²) in [6.07, 6.45) is 1.72. The first-order chi connectivity index (χ1) is 10.3. The van der Waals surface area contributed by atoms with Crippen LogP contribution in [0.1, 0.15) is 0 Å². The summed E-state index contributed by atoms with van der Waals surface area (Å²) in [6, 6.07) is 15.4. The molecule has 0 aliphatic rings. The van der Waals surface area contributed by atoms with Gasteiger partial charge >= 0.3 is 0 Å². The van der Waals surface area contributed by atoms with Crippen molar-refractivity contribution < 1.29 is 4.74 Å². The highest BCUT2D eigenvalue weighted by Gasteiger charge is 2.02. The van der Waals surface area contributed by atoms with Crippen LogP contribution in [0.4, 0.5) is 11.4 Å². The molecule has 3 rings (SSSR count). The van der Waals surface area contributed by atoms with Crippen LogP contribution in [-0.4, -0.2) is 23.3 Å². The summed E-state index contributed by atoms with van der Waals surface area (Å²) in [7, 11) is 0. The molecule has 0 spiro atoms. The molecule has 0 fully saturated rings. The fourth-order valence-corrected chi connectivity index (χ4v) is 2.11. The molecule has 0 atom stereocenters. The number of nitrogen functional groups attached to an aromatic ring is 1. The van der Waals surface area contributed by atoms with Gasteiger partial charge in [-0.2, -0.15) is 10.2 Å². The Morgan fingerprint density at radius 2 is 1.86 bits per heavy atom. The molecule has 0 saturated heterocycles. The third kappa shape index (κ3) is 3.02. The molecule has 0 aliphatic carbocycles. The highest BCUT2D eigenvalue weighted by Crippen LogP contribution is 2.21. The number of nitrogens with two attached hydrogens (primary N) is 1. The summed E-state index contributed by atoms with van der Waals surface area (Å²) >= 11 is 0. The van der Waals surface area contributed by atoms with E-state index in [9.17, 15) is 0 Å². The summed E-state index contributed by atoms with van der Waals surface area (Å²) < 4.78 is 5.65.